The molecule has 0 bridgehead atoms. The number of rotatable bonds is 14. The van der Waals surface area contributed by atoms with Crippen LogP contribution in [0.4, 0.5) is 4.79 Å². The van der Waals surface area contributed by atoms with E-state index in [-0.39, 0.29) is 12.2 Å². The van der Waals surface area contributed by atoms with Gasteiger partial charge in [-0.25, -0.2) is 0 Å². The van der Waals surface area contributed by atoms with Crippen LogP contribution in [0.1, 0.15) is 72.6 Å². The Balaban J connectivity index is 4.87. The summed E-state index contributed by atoms with van der Waals surface area (Å²) >= 11 is -2.17. The molecule has 0 N–H and O–H groups in total. The number of carbonyl (C=O) groups excluding carboxylic acids is 1. The third-order valence-corrected chi connectivity index (χ3v) is 20.7. The van der Waals surface area contributed by atoms with Crippen molar-refractivity contribution in [2.24, 2.45) is 0 Å². The number of hydrogen-bond donors (Lipinski definition) is 0. The molecular weight excluding hydrogens is 417 g/mol. The molecule has 1 amide bonds. The van der Waals surface area contributed by atoms with E-state index in [1.807, 2.05) is 6.92 Å². The molecule has 0 aromatic rings. The Morgan fingerprint density at radius 2 is 1.44 bits per heavy atom. The van der Waals surface area contributed by atoms with E-state index in [0.29, 0.717) is 0 Å². The molecule has 0 aliphatic heterocycles. The molecule has 25 heavy (non-hydrogen) atoms. The van der Waals surface area contributed by atoms with Crippen molar-refractivity contribution >= 4 is 24.5 Å². The molecule has 0 unspecified atom stereocenters. The second kappa shape index (κ2) is 13.9. The Hall–Kier alpha value is -0.191. The summed E-state index contributed by atoms with van der Waals surface area (Å²) in [7, 11) is 3.46. The van der Waals surface area contributed by atoms with E-state index in [1.54, 1.807) is 14.1 Å². The molecule has 0 saturated carbocycles. The van der Waals surface area contributed by atoms with Crippen LogP contribution < -0.4 is 0 Å². The van der Waals surface area contributed by atoms with E-state index >= 15 is 0 Å². The summed E-state index contributed by atoms with van der Waals surface area (Å²) in [5.41, 5.74) is 1.33. The molecule has 4 heteroatoms. The summed E-state index contributed by atoms with van der Waals surface area (Å²) < 4.78 is 11.3. The normalized spacial score (nSPS) is 12.7. The average Bonchev–Trinajstić information content (AvgIpc) is 2.55. The fourth-order valence-electron chi connectivity index (χ4n) is 3.62. The zero-order chi connectivity index (χ0) is 19.3. The second-order valence-electron chi connectivity index (χ2n) is 8.03. The quantitative estimate of drug-likeness (QED) is 0.209. The minimum atomic E-state index is -2.17. The van der Waals surface area contributed by atoms with Gasteiger partial charge >= 0.3 is 162 Å². The molecule has 0 rings (SSSR count). The maximum absolute atomic E-state index is 11.7. The number of nitrogens with zero attached hydrogens (tertiary/aromatic N) is 1. The molecule has 0 aliphatic rings. The van der Waals surface area contributed by atoms with Gasteiger partial charge in [0.05, 0.1) is 0 Å². The third kappa shape index (κ3) is 11.2. The molecule has 148 valence electrons. The summed E-state index contributed by atoms with van der Waals surface area (Å²) in [6.45, 7) is 13.3. The van der Waals surface area contributed by atoms with E-state index in [9.17, 15) is 4.79 Å². The first kappa shape index (κ1) is 24.8. The van der Waals surface area contributed by atoms with Gasteiger partial charge in [0, 0.05) is 0 Å². The minimum absolute atomic E-state index is 0.0742. The Bertz CT molecular complexity index is 360. The Kier molecular flexibility index (Phi) is 13.8. The third-order valence-electron chi connectivity index (χ3n) is 5.05. The van der Waals surface area contributed by atoms with Crippen molar-refractivity contribution in [3.63, 3.8) is 0 Å². The van der Waals surface area contributed by atoms with E-state index in [4.69, 9.17) is 4.74 Å². The maximum atomic E-state index is 11.7. The molecule has 1 atom stereocenters. The van der Waals surface area contributed by atoms with E-state index in [2.05, 4.69) is 27.4 Å². The average molecular weight is 460 g/mol. The van der Waals surface area contributed by atoms with Crippen molar-refractivity contribution in [1.82, 2.24) is 4.90 Å². The standard InChI is InChI=1S/C9H16NO2.3C4H9.Sn/c1-7(2)6-8(3)12-9(11)10(4)5;3*1-3-4-2;/h8H,1-2,6H2,3-5H3;3*1,3-4H2,2H3;/t8-;;;;/m1..../s1. The van der Waals surface area contributed by atoms with Gasteiger partial charge in [0.2, 0.25) is 0 Å². The van der Waals surface area contributed by atoms with Crippen LogP contribution in [0.25, 0.3) is 0 Å². The Morgan fingerprint density at radius 1 is 1.00 bits per heavy atom. The van der Waals surface area contributed by atoms with Gasteiger partial charge in [-0.05, 0) is 0 Å². The van der Waals surface area contributed by atoms with E-state index in [1.165, 1.54) is 66.7 Å². The zero-order valence-corrected chi connectivity index (χ0v) is 20.7. The van der Waals surface area contributed by atoms with Crippen LogP contribution in [0.15, 0.2) is 12.2 Å². The zero-order valence-electron chi connectivity index (χ0n) is 17.8. The molecule has 0 fully saturated rings. The SMILES string of the molecule is C=C(C[C@@H](C)OC(=O)N(C)C)[CH2][Sn]([CH2]CCC)([CH2]CCC)[CH2]CCC. The van der Waals surface area contributed by atoms with Crippen molar-refractivity contribution in [1.29, 1.82) is 0 Å². The van der Waals surface area contributed by atoms with Gasteiger partial charge < -0.3 is 0 Å². The van der Waals surface area contributed by atoms with Crippen molar-refractivity contribution in [2.75, 3.05) is 14.1 Å². The van der Waals surface area contributed by atoms with Crippen LogP contribution in [0, 0.1) is 0 Å². The van der Waals surface area contributed by atoms with Crippen LogP contribution in [-0.4, -0.2) is 49.6 Å². The predicted octanol–water partition coefficient (Wildman–Crippen LogP) is 6.87. The van der Waals surface area contributed by atoms with Crippen molar-refractivity contribution in [2.45, 2.75) is 96.5 Å². The molecule has 0 aromatic heterocycles. The monoisotopic (exact) mass is 461 g/mol. The van der Waals surface area contributed by atoms with E-state index < -0.39 is 18.4 Å². The van der Waals surface area contributed by atoms with Crippen LogP contribution in [0.5, 0.6) is 0 Å². The summed E-state index contributed by atoms with van der Waals surface area (Å²) in [6, 6.07) is 0. The fourth-order valence-corrected chi connectivity index (χ4v) is 20.2. The summed E-state index contributed by atoms with van der Waals surface area (Å²) in [5.74, 6) is 0. The molecular formula is C21H43NO2Sn. The van der Waals surface area contributed by atoms with Crippen LogP contribution >= 0.6 is 0 Å². The van der Waals surface area contributed by atoms with Crippen molar-refractivity contribution < 1.29 is 9.53 Å². The summed E-state index contributed by atoms with van der Waals surface area (Å²) in [4.78, 5) is 13.2. The number of ether oxygens (including phenoxy) is 1. The number of amides is 1. The first-order valence-corrected chi connectivity index (χ1v) is 18.4. The summed E-state index contributed by atoms with van der Waals surface area (Å²) in [6.07, 6.45) is 8.59. The van der Waals surface area contributed by atoms with Crippen molar-refractivity contribution in [3.05, 3.63) is 12.2 Å². The molecule has 0 spiro atoms. The van der Waals surface area contributed by atoms with Crippen LogP contribution in [-0.2, 0) is 4.74 Å². The predicted molar refractivity (Wildman–Crippen MR) is 113 cm³/mol. The van der Waals surface area contributed by atoms with Gasteiger partial charge in [-0.3, -0.25) is 0 Å². The number of hydrogen-bond acceptors (Lipinski definition) is 2. The van der Waals surface area contributed by atoms with Gasteiger partial charge in [0.1, 0.15) is 0 Å². The second-order valence-corrected chi connectivity index (χ2v) is 21.9. The molecule has 3 nitrogen and oxygen atoms in total. The first-order chi connectivity index (χ1) is 11.8. The number of unbranched alkanes of at least 4 members (excludes halogenated alkanes) is 3. The Morgan fingerprint density at radius 3 is 1.80 bits per heavy atom. The summed E-state index contributed by atoms with van der Waals surface area (Å²) in [5, 5.41) is 0. The molecule has 0 radical (unpaired) electrons. The molecule has 0 heterocycles. The van der Waals surface area contributed by atoms with Gasteiger partial charge in [0.25, 0.3) is 0 Å². The van der Waals surface area contributed by atoms with Gasteiger partial charge in [0.15, 0.2) is 0 Å². The fraction of sp³-hybridized carbons (Fsp3) is 0.857. The van der Waals surface area contributed by atoms with Crippen LogP contribution in [0.3, 0.4) is 0 Å². The van der Waals surface area contributed by atoms with Crippen LogP contribution in [0.2, 0.25) is 17.7 Å². The topological polar surface area (TPSA) is 29.5 Å². The Labute approximate surface area is 161 Å². The van der Waals surface area contributed by atoms with Crippen molar-refractivity contribution in [3.8, 4) is 0 Å². The van der Waals surface area contributed by atoms with Gasteiger partial charge in [-0.1, -0.05) is 0 Å². The first-order valence-electron chi connectivity index (χ1n) is 10.3. The van der Waals surface area contributed by atoms with Gasteiger partial charge in [-0.2, -0.15) is 0 Å². The number of carbonyl (C=O) groups is 1. The van der Waals surface area contributed by atoms with E-state index in [0.717, 1.165) is 6.42 Å². The molecule has 0 aliphatic carbocycles. The molecule has 0 saturated heterocycles. The molecule has 0 aromatic carbocycles. The van der Waals surface area contributed by atoms with Gasteiger partial charge in [-0.15, -0.1) is 0 Å².